The second-order valence-electron chi connectivity index (χ2n) is 6.94. The van der Waals surface area contributed by atoms with Crippen molar-refractivity contribution in [3.8, 4) is 0 Å². The molecular formula is C19H16BrClFN3O3S2. The summed E-state index contributed by atoms with van der Waals surface area (Å²) in [6.45, 7) is 0. The lowest BCUT2D eigenvalue weighted by molar-refractivity contribution is -0.113. The Hall–Kier alpha value is -1.62. The van der Waals surface area contributed by atoms with E-state index in [1.165, 1.54) is 6.07 Å². The molecule has 0 saturated carbocycles. The second-order valence-corrected chi connectivity index (χ2v) is 11.4. The monoisotopic (exact) mass is 531 g/mol. The molecule has 1 saturated heterocycles. The summed E-state index contributed by atoms with van der Waals surface area (Å²) in [6, 6.07) is 10.4. The number of hydrogen-bond acceptors (Lipinski definition) is 6. The molecule has 0 radical (unpaired) electrons. The van der Waals surface area contributed by atoms with Gasteiger partial charge in [-0.15, -0.1) is 0 Å². The minimum atomic E-state index is -3.25. The van der Waals surface area contributed by atoms with Gasteiger partial charge < -0.3 is 10.2 Å². The molecule has 0 unspecified atom stereocenters. The van der Waals surface area contributed by atoms with Gasteiger partial charge in [0.15, 0.2) is 15.0 Å². The van der Waals surface area contributed by atoms with E-state index in [4.69, 9.17) is 11.6 Å². The van der Waals surface area contributed by atoms with Crippen LogP contribution in [0.3, 0.4) is 0 Å². The lowest BCUT2D eigenvalue weighted by atomic mass is 10.1. The van der Waals surface area contributed by atoms with Crippen LogP contribution >= 0.6 is 39.3 Å². The van der Waals surface area contributed by atoms with Crippen LogP contribution in [0.15, 0.2) is 51.9 Å². The summed E-state index contributed by atoms with van der Waals surface area (Å²) >= 11 is 10.3. The molecule has 158 valence electrons. The number of fused-ring (bicyclic) bond motifs is 1. The van der Waals surface area contributed by atoms with Crippen LogP contribution in [-0.2, 0) is 14.6 Å². The number of benzene rings is 2. The van der Waals surface area contributed by atoms with Crippen LogP contribution in [0.25, 0.3) is 0 Å². The number of anilines is 2. The number of nitrogens with one attached hydrogen (secondary N) is 1. The summed E-state index contributed by atoms with van der Waals surface area (Å²) < 4.78 is 39.4. The quantitative estimate of drug-likeness (QED) is 0.645. The van der Waals surface area contributed by atoms with Crippen LogP contribution in [0, 0.1) is 5.82 Å². The van der Waals surface area contributed by atoms with Gasteiger partial charge in [-0.05, 0) is 36.4 Å². The SMILES string of the molecule is O=C(CSC1=N[C@@H]2CS(=O)(=O)C[C@H]2N1c1ccc(Br)cc1F)Nc1cccc(Cl)c1. The topological polar surface area (TPSA) is 78.8 Å². The number of nitrogens with zero attached hydrogens (tertiary/aromatic N) is 2. The van der Waals surface area contributed by atoms with Crippen molar-refractivity contribution in [1.29, 1.82) is 0 Å². The van der Waals surface area contributed by atoms with Gasteiger partial charge in [0.1, 0.15) is 5.82 Å². The highest BCUT2D eigenvalue weighted by molar-refractivity contribution is 9.10. The van der Waals surface area contributed by atoms with Gasteiger partial charge in [-0.25, -0.2) is 12.8 Å². The third kappa shape index (κ3) is 4.66. The Kier molecular flexibility index (Phi) is 6.11. The predicted octanol–water partition coefficient (Wildman–Crippen LogP) is 3.96. The van der Waals surface area contributed by atoms with E-state index in [2.05, 4.69) is 26.2 Å². The molecule has 2 atom stereocenters. The average molecular weight is 533 g/mol. The maximum Gasteiger partial charge on any atom is 0.234 e. The molecule has 1 amide bonds. The summed E-state index contributed by atoms with van der Waals surface area (Å²) in [5.74, 6) is -0.913. The highest BCUT2D eigenvalue weighted by Crippen LogP contribution is 2.37. The first-order chi connectivity index (χ1) is 14.2. The van der Waals surface area contributed by atoms with Gasteiger partial charge in [0, 0.05) is 15.2 Å². The molecule has 0 aromatic heterocycles. The molecule has 2 aromatic rings. The smallest absolute Gasteiger partial charge is 0.234 e. The van der Waals surface area contributed by atoms with Crippen molar-refractivity contribution < 1.29 is 17.6 Å². The van der Waals surface area contributed by atoms with E-state index in [0.717, 1.165) is 11.8 Å². The first-order valence-corrected chi connectivity index (χ1v) is 12.9. The number of carbonyl (C=O) groups excluding carboxylic acids is 1. The third-order valence-electron chi connectivity index (χ3n) is 4.72. The molecule has 2 aromatic carbocycles. The molecule has 4 rings (SSSR count). The molecule has 6 nitrogen and oxygen atoms in total. The van der Waals surface area contributed by atoms with Crippen molar-refractivity contribution in [3.05, 3.63) is 57.8 Å². The summed E-state index contributed by atoms with van der Waals surface area (Å²) in [7, 11) is -3.25. The molecule has 1 N–H and O–H groups in total. The average Bonchev–Trinajstić information content (AvgIpc) is 3.11. The summed E-state index contributed by atoms with van der Waals surface area (Å²) in [5.41, 5.74) is 0.810. The van der Waals surface area contributed by atoms with Gasteiger partial charge in [0.25, 0.3) is 0 Å². The zero-order chi connectivity index (χ0) is 21.5. The fourth-order valence-corrected chi connectivity index (χ4v) is 6.77. The fraction of sp³-hybridized carbons (Fsp3) is 0.263. The number of amidine groups is 1. The van der Waals surface area contributed by atoms with E-state index in [-0.39, 0.29) is 28.9 Å². The summed E-state index contributed by atoms with van der Waals surface area (Å²) in [4.78, 5) is 18.5. The molecule has 2 aliphatic heterocycles. The van der Waals surface area contributed by atoms with Crippen LogP contribution in [0.5, 0.6) is 0 Å². The van der Waals surface area contributed by atoms with E-state index < -0.39 is 27.7 Å². The van der Waals surface area contributed by atoms with Gasteiger partial charge in [0.05, 0.1) is 35.0 Å². The number of aliphatic imine (C=N–C) groups is 1. The maximum absolute atomic E-state index is 14.7. The predicted molar refractivity (Wildman–Crippen MR) is 123 cm³/mol. The number of amides is 1. The number of thioether (sulfide) groups is 1. The zero-order valence-corrected chi connectivity index (χ0v) is 19.4. The van der Waals surface area contributed by atoms with Crippen molar-refractivity contribution in [3.63, 3.8) is 0 Å². The number of sulfone groups is 1. The lowest BCUT2D eigenvalue weighted by Crippen LogP contribution is -2.40. The van der Waals surface area contributed by atoms with Crippen molar-refractivity contribution in [1.82, 2.24) is 0 Å². The number of halogens is 3. The van der Waals surface area contributed by atoms with Gasteiger partial charge >= 0.3 is 0 Å². The first-order valence-electron chi connectivity index (χ1n) is 8.92. The van der Waals surface area contributed by atoms with Crippen LogP contribution in [0.4, 0.5) is 15.8 Å². The number of hydrogen-bond donors (Lipinski definition) is 1. The molecule has 30 heavy (non-hydrogen) atoms. The standard InChI is InChI=1S/C19H16BrClFN3O3S2/c20-11-4-5-16(14(22)6-11)25-17-10-30(27,28)9-15(17)24-19(25)29-8-18(26)23-13-3-1-2-12(21)7-13/h1-7,15,17H,8-10H2,(H,23,26)/t15-,17-/m1/s1. The molecule has 0 bridgehead atoms. The Balaban J connectivity index is 1.53. The fourth-order valence-electron chi connectivity index (χ4n) is 3.48. The van der Waals surface area contributed by atoms with E-state index in [0.29, 0.717) is 20.4 Å². The van der Waals surface area contributed by atoms with Crippen LogP contribution < -0.4 is 10.2 Å². The van der Waals surface area contributed by atoms with E-state index in [1.807, 2.05) is 0 Å². The van der Waals surface area contributed by atoms with Gasteiger partial charge in [0.2, 0.25) is 5.91 Å². The Labute approximate surface area is 190 Å². The molecule has 2 heterocycles. The van der Waals surface area contributed by atoms with E-state index in [9.17, 15) is 17.6 Å². The Morgan fingerprint density at radius 2 is 2.10 bits per heavy atom. The highest BCUT2D eigenvalue weighted by Gasteiger charge is 2.47. The molecule has 11 heteroatoms. The van der Waals surface area contributed by atoms with Crippen molar-refractivity contribution in [2.75, 3.05) is 27.5 Å². The lowest BCUT2D eigenvalue weighted by Gasteiger charge is -2.26. The highest BCUT2D eigenvalue weighted by atomic mass is 79.9. The van der Waals surface area contributed by atoms with Gasteiger partial charge in [-0.3, -0.25) is 9.79 Å². The van der Waals surface area contributed by atoms with Crippen LogP contribution in [0.1, 0.15) is 0 Å². The molecule has 1 fully saturated rings. The Morgan fingerprint density at radius 1 is 1.30 bits per heavy atom. The normalized spacial score (nSPS) is 22.0. The van der Waals surface area contributed by atoms with E-state index >= 15 is 0 Å². The largest absolute Gasteiger partial charge is 0.325 e. The number of rotatable bonds is 4. The van der Waals surface area contributed by atoms with Crippen molar-refractivity contribution >= 4 is 71.6 Å². The minimum Gasteiger partial charge on any atom is -0.325 e. The van der Waals surface area contributed by atoms with Crippen molar-refractivity contribution in [2.24, 2.45) is 4.99 Å². The van der Waals surface area contributed by atoms with Crippen LogP contribution in [-0.4, -0.2) is 48.8 Å². The Bertz CT molecular complexity index is 1150. The van der Waals surface area contributed by atoms with Gasteiger partial charge in [-0.1, -0.05) is 45.4 Å². The zero-order valence-electron chi connectivity index (χ0n) is 15.4. The summed E-state index contributed by atoms with van der Waals surface area (Å²) in [5, 5.41) is 3.69. The first kappa shape index (κ1) is 21.6. The maximum atomic E-state index is 14.7. The van der Waals surface area contributed by atoms with Crippen molar-refractivity contribution in [2.45, 2.75) is 12.1 Å². The molecular weight excluding hydrogens is 517 g/mol. The molecule has 0 spiro atoms. The molecule has 2 aliphatic rings. The Morgan fingerprint density at radius 3 is 2.83 bits per heavy atom. The van der Waals surface area contributed by atoms with Gasteiger partial charge in [-0.2, -0.15) is 0 Å². The third-order valence-corrected chi connectivity index (χ3v) is 8.11. The number of carbonyl (C=O) groups is 1. The summed E-state index contributed by atoms with van der Waals surface area (Å²) in [6.07, 6.45) is 0. The van der Waals surface area contributed by atoms with E-state index in [1.54, 1.807) is 41.3 Å². The minimum absolute atomic E-state index is 0.0339. The van der Waals surface area contributed by atoms with Crippen LogP contribution in [0.2, 0.25) is 5.02 Å². The second kappa shape index (κ2) is 8.49. The molecule has 0 aliphatic carbocycles.